The van der Waals surface area contributed by atoms with E-state index in [1.807, 2.05) is 24.3 Å². The highest BCUT2D eigenvalue weighted by Crippen LogP contribution is 2.31. The number of sulfonamides is 1. The van der Waals surface area contributed by atoms with Crippen LogP contribution in [0.3, 0.4) is 0 Å². The van der Waals surface area contributed by atoms with E-state index in [1.165, 1.54) is 22.5 Å². The van der Waals surface area contributed by atoms with Crippen molar-refractivity contribution in [2.45, 2.75) is 49.5 Å². The first kappa shape index (κ1) is 27.0. The van der Waals surface area contributed by atoms with Gasteiger partial charge < -0.3 is 9.73 Å². The second-order valence-electron chi connectivity index (χ2n) is 9.61. The van der Waals surface area contributed by atoms with E-state index in [0.717, 1.165) is 28.8 Å². The Hall–Kier alpha value is -3.63. The highest BCUT2D eigenvalue weighted by molar-refractivity contribution is 7.89. The van der Waals surface area contributed by atoms with Crippen molar-refractivity contribution in [2.75, 3.05) is 6.54 Å². The van der Waals surface area contributed by atoms with Crippen LogP contribution in [-0.4, -0.2) is 31.2 Å². The Kier molecular flexibility index (Phi) is 7.51. The van der Waals surface area contributed by atoms with Crippen LogP contribution < -0.4 is 5.32 Å². The molecule has 1 aliphatic heterocycles. The number of benzene rings is 3. The summed E-state index contributed by atoms with van der Waals surface area (Å²) in [6, 6.07) is 20.4. The van der Waals surface area contributed by atoms with Crippen molar-refractivity contribution in [2.24, 2.45) is 0 Å². The van der Waals surface area contributed by atoms with E-state index in [-0.39, 0.29) is 24.1 Å². The molecule has 1 aromatic heterocycles. The molecule has 1 fully saturated rings. The van der Waals surface area contributed by atoms with Crippen LogP contribution in [-0.2, 0) is 40.4 Å². The number of rotatable bonds is 8. The van der Waals surface area contributed by atoms with Gasteiger partial charge in [0.25, 0.3) is 10.0 Å². The monoisotopic (exact) mass is 556 g/mol. The number of nitrogens with one attached hydrogen (secondary N) is 1. The summed E-state index contributed by atoms with van der Waals surface area (Å²) in [5.41, 5.74) is 2.42. The van der Waals surface area contributed by atoms with Gasteiger partial charge in [-0.3, -0.25) is 4.79 Å². The molecule has 1 N–H and O–H groups in total. The molecule has 0 bridgehead atoms. The predicted octanol–water partition coefficient (Wildman–Crippen LogP) is 5.71. The van der Waals surface area contributed by atoms with Crippen molar-refractivity contribution >= 4 is 26.9 Å². The van der Waals surface area contributed by atoms with Crippen LogP contribution >= 0.6 is 0 Å². The first-order chi connectivity index (χ1) is 18.6. The average molecular weight is 557 g/mol. The number of hydrogen-bond donors (Lipinski definition) is 1. The molecule has 4 aromatic rings. The van der Waals surface area contributed by atoms with E-state index in [0.29, 0.717) is 36.7 Å². The van der Waals surface area contributed by atoms with Crippen LogP contribution in [0.2, 0.25) is 0 Å². The van der Waals surface area contributed by atoms with Gasteiger partial charge in [-0.05, 0) is 60.6 Å². The van der Waals surface area contributed by atoms with Gasteiger partial charge in [-0.1, -0.05) is 54.6 Å². The molecule has 0 spiro atoms. The van der Waals surface area contributed by atoms with E-state index in [9.17, 15) is 26.4 Å². The predicted molar refractivity (Wildman–Crippen MR) is 140 cm³/mol. The summed E-state index contributed by atoms with van der Waals surface area (Å²) in [4.78, 5) is 13.0. The Bertz CT molecular complexity index is 1550. The lowest BCUT2D eigenvalue weighted by molar-refractivity contribution is -0.137. The lowest BCUT2D eigenvalue weighted by Gasteiger charge is -2.22. The highest BCUT2D eigenvalue weighted by Gasteiger charge is 2.41. The van der Waals surface area contributed by atoms with E-state index < -0.39 is 27.8 Å². The minimum atomic E-state index is -4.36. The lowest BCUT2D eigenvalue weighted by Crippen LogP contribution is -2.45. The molecule has 5 rings (SSSR count). The summed E-state index contributed by atoms with van der Waals surface area (Å²) in [7, 11) is -3.99. The molecule has 2 heterocycles. The van der Waals surface area contributed by atoms with Crippen molar-refractivity contribution in [3.63, 3.8) is 0 Å². The van der Waals surface area contributed by atoms with Crippen LogP contribution in [0.25, 0.3) is 11.0 Å². The number of carbonyl (C=O) groups is 1. The number of amides is 1. The zero-order valence-corrected chi connectivity index (χ0v) is 21.8. The molecular weight excluding hydrogens is 529 g/mol. The van der Waals surface area contributed by atoms with E-state index >= 15 is 0 Å². The standard InChI is InChI=1S/C29H27F3N2O4S/c30-29(31,32)24-14-12-20(13-15-24)10-11-21-5-3-6-22(17-21)19-33-28(35)25-8-4-16-34(25)39(36,37)27-18-23-7-1-2-9-26(23)38-27/h1-3,5-7,9,12-15,17-18,25H,4,8,10-11,16,19H2,(H,33,35)/t25-/m0/s1. The fourth-order valence-electron chi connectivity index (χ4n) is 4.84. The second-order valence-corrected chi connectivity index (χ2v) is 11.4. The Morgan fingerprint density at radius 2 is 1.64 bits per heavy atom. The maximum absolute atomic E-state index is 13.3. The molecule has 0 unspecified atom stereocenters. The molecule has 0 saturated carbocycles. The number of para-hydroxylation sites is 1. The van der Waals surface area contributed by atoms with Crippen molar-refractivity contribution in [1.29, 1.82) is 0 Å². The van der Waals surface area contributed by atoms with Gasteiger partial charge in [-0.2, -0.15) is 17.5 Å². The van der Waals surface area contributed by atoms with Crippen molar-refractivity contribution in [3.05, 3.63) is 101 Å². The Labute approximate surface area is 224 Å². The normalized spacial score (nSPS) is 16.5. The quantitative estimate of drug-likeness (QED) is 0.302. The number of nitrogens with zero attached hydrogens (tertiary/aromatic N) is 1. The molecule has 10 heteroatoms. The number of aryl methyl sites for hydroxylation is 2. The minimum absolute atomic E-state index is 0.177. The third-order valence-corrected chi connectivity index (χ3v) is 8.68. The highest BCUT2D eigenvalue weighted by atomic mass is 32.2. The number of carbonyl (C=O) groups excluding carboxylic acids is 1. The van der Waals surface area contributed by atoms with Crippen LogP contribution in [0, 0.1) is 0 Å². The minimum Gasteiger partial charge on any atom is -0.443 e. The molecule has 1 saturated heterocycles. The van der Waals surface area contributed by atoms with Crippen molar-refractivity contribution in [3.8, 4) is 0 Å². The zero-order valence-electron chi connectivity index (χ0n) is 20.9. The first-order valence-electron chi connectivity index (χ1n) is 12.6. The molecule has 1 aliphatic rings. The summed E-state index contributed by atoms with van der Waals surface area (Å²) in [6.07, 6.45) is -2.18. The van der Waals surface area contributed by atoms with Gasteiger partial charge in [0.2, 0.25) is 11.0 Å². The van der Waals surface area contributed by atoms with Gasteiger partial charge in [0, 0.05) is 24.5 Å². The van der Waals surface area contributed by atoms with Crippen molar-refractivity contribution < 1.29 is 30.8 Å². The molecule has 3 aromatic carbocycles. The fraction of sp³-hybridized carbons (Fsp3) is 0.276. The summed E-state index contributed by atoms with van der Waals surface area (Å²) < 4.78 is 71.7. The summed E-state index contributed by atoms with van der Waals surface area (Å²) in [6.45, 7) is 0.457. The maximum atomic E-state index is 13.3. The summed E-state index contributed by atoms with van der Waals surface area (Å²) in [5.74, 6) is -0.373. The van der Waals surface area contributed by atoms with Crippen LogP contribution in [0.4, 0.5) is 13.2 Å². The molecule has 204 valence electrons. The van der Waals surface area contributed by atoms with Gasteiger partial charge >= 0.3 is 6.18 Å². The van der Waals surface area contributed by atoms with E-state index in [1.54, 1.807) is 24.3 Å². The first-order valence-corrected chi connectivity index (χ1v) is 14.1. The molecule has 1 atom stereocenters. The van der Waals surface area contributed by atoms with Gasteiger partial charge in [0.15, 0.2) is 0 Å². The molecular formula is C29H27F3N2O4S. The molecule has 1 amide bonds. The van der Waals surface area contributed by atoms with E-state index in [2.05, 4.69) is 5.32 Å². The summed E-state index contributed by atoms with van der Waals surface area (Å²) >= 11 is 0. The SMILES string of the molecule is O=C(NCc1cccc(CCc2ccc(C(F)(F)F)cc2)c1)[C@@H]1CCCN1S(=O)(=O)c1cc2ccccc2o1. The number of alkyl halides is 3. The van der Waals surface area contributed by atoms with Crippen LogP contribution in [0.1, 0.15) is 35.1 Å². The molecule has 39 heavy (non-hydrogen) atoms. The number of hydrogen-bond acceptors (Lipinski definition) is 4. The van der Waals surface area contributed by atoms with Crippen LogP contribution in [0.15, 0.2) is 88.4 Å². The smallest absolute Gasteiger partial charge is 0.416 e. The zero-order chi connectivity index (χ0) is 27.6. The Morgan fingerprint density at radius 3 is 2.38 bits per heavy atom. The molecule has 0 radical (unpaired) electrons. The maximum Gasteiger partial charge on any atom is 0.416 e. The number of furan rings is 1. The topological polar surface area (TPSA) is 79.6 Å². The Balaban J connectivity index is 1.20. The van der Waals surface area contributed by atoms with Gasteiger partial charge in [0.1, 0.15) is 11.6 Å². The lowest BCUT2D eigenvalue weighted by atomic mass is 10.0. The third-order valence-electron chi connectivity index (χ3n) is 6.91. The average Bonchev–Trinajstić information content (AvgIpc) is 3.59. The second kappa shape index (κ2) is 10.9. The largest absolute Gasteiger partial charge is 0.443 e. The van der Waals surface area contributed by atoms with Crippen LogP contribution in [0.5, 0.6) is 0 Å². The number of halogens is 3. The molecule has 0 aliphatic carbocycles. The fourth-order valence-corrected chi connectivity index (χ4v) is 6.45. The van der Waals surface area contributed by atoms with Gasteiger partial charge in [-0.15, -0.1) is 0 Å². The summed E-state index contributed by atoms with van der Waals surface area (Å²) in [5, 5.41) is 3.36. The number of fused-ring (bicyclic) bond motifs is 1. The van der Waals surface area contributed by atoms with Crippen molar-refractivity contribution in [1.82, 2.24) is 9.62 Å². The van der Waals surface area contributed by atoms with E-state index in [4.69, 9.17) is 4.42 Å². The molecule has 6 nitrogen and oxygen atoms in total. The van der Waals surface area contributed by atoms with Gasteiger partial charge in [-0.25, -0.2) is 8.42 Å². The third kappa shape index (κ3) is 6.02. The van der Waals surface area contributed by atoms with Gasteiger partial charge in [0.05, 0.1) is 5.56 Å². The Morgan fingerprint density at radius 1 is 0.923 bits per heavy atom.